The summed E-state index contributed by atoms with van der Waals surface area (Å²) in [6.45, 7) is 0. The van der Waals surface area contributed by atoms with Crippen molar-refractivity contribution in [3.8, 4) is 0 Å². The molecular formula is C12H9ClN6OS. The maximum absolute atomic E-state index is 8.87. The molecule has 3 aromatic rings. The van der Waals surface area contributed by atoms with Crippen LogP contribution in [0.15, 0.2) is 45.9 Å². The summed E-state index contributed by atoms with van der Waals surface area (Å²) < 4.78 is 0. The van der Waals surface area contributed by atoms with Gasteiger partial charge in [-0.2, -0.15) is 0 Å². The third-order valence-electron chi connectivity index (χ3n) is 2.72. The molecule has 0 saturated heterocycles. The standard InChI is InChI=1S/C12H9ClN6OS/c13-6-1-2-7(10(14)19-20)8(3-6)21-12-9-11(16-4-15-9)17-5-18-12/h1-5,20H,(H2,14,19)(H,15,16,17,18). The van der Waals surface area contributed by atoms with E-state index >= 15 is 0 Å². The van der Waals surface area contributed by atoms with E-state index < -0.39 is 0 Å². The van der Waals surface area contributed by atoms with Crippen LogP contribution in [0.4, 0.5) is 0 Å². The van der Waals surface area contributed by atoms with E-state index in [2.05, 4.69) is 25.1 Å². The summed E-state index contributed by atoms with van der Waals surface area (Å²) in [5, 5.41) is 13.1. The molecule has 0 amide bonds. The first-order chi connectivity index (χ1) is 10.2. The van der Waals surface area contributed by atoms with Crippen molar-refractivity contribution in [2.75, 3.05) is 0 Å². The van der Waals surface area contributed by atoms with Crippen molar-refractivity contribution < 1.29 is 5.21 Å². The largest absolute Gasteiger partial charge is 0.409 e. The molecule has 0 aliphatic heterocycles. The Bertz CT molecular complexity index is 833. The molecule has 106 valence electrons. The number of fused-ring (bicyclic) bond motifs is 1. The van der Waals surface area contributed by atoms with E-state index in [4.69, 9.17) is 22.5 Å². The van der Waals surface area contributed by atoms with Crippen molar-refractivity contribution in [3.63, 3.8) is 0 Å². The number of nitrogens with one attached hydrogen (secondary N) is 1. The molecule has 0 radical (unpaired) electrons. The van der Waals surface area contributed by atoms with E-state index in [0.717, 1.165) is 0 Å². The molecule has 0 unspecified atom stereocenters. The Morgan fingerprint density at radius 3 is 3.00 bits per heavy atom. The molecule has 0 saturated carbocycles. The molecular weight excluding hydrogens is 312 g/mol. The summed E-state index contributed by atoms with van der Waals surface area (Å²) in [6, 6.07) is 5.08. The van der Waals surface area contributed by atoms with Gasteiger partial charge in [0, 0.05) is 15.5 Å². The van der Waals surface area contributed by atoms with Gasteiger partial charge in [0.25, 0.3) is 0 Å². The summed E-state index contributed by atoms with van der Waals surface area (Å²) in [6.07, 6.45) is 2.98. The van der Waals surface area contributed by atoms with Crippen LogP contribution in [-0.4, -0.2) is 31.0 Å². The van der Waals surface area contributed by atoms with Crippen molar-refractivity contribution in [2.45, 2.75) is 9.92 Å². The van der Waals surface area contributed by atoms with Crippen LogP contribution in [0, 0.1) is 0 Å². The molecule has 9 heteroatoms. The predicted octanol–water partition coefficient (Wildman–Crippen LogP) is 2.25. The lowest BCUT2D eigenvalue weighted by molar-refractivity contribution is 0.318. The highest BCUT2D eigenvalue weighted by Gasteiger charge is 2.13. The van der Waals surface area contributed by atoms with Crippen molar-refractivity contribution in [2.24, 2.45) is 10.9 Å². The van der Waals surface area contributed by atoms with E-state index in [-0.39, 0.29) is 5.84 Å². The molecule has 2 aromatic heterocycles. The number of halogens is 1. The third kappa shape index (κ3) is 2.63. The fourth-order valence-corrected chi connectivity index (χ4v) is 3.04. The number of H-pyrrole nitrogens is 1. The summed E-state index contributed by atoms with van der Waals surface area (Å²) in [5.74, 6) is 0.00378. The van der Waals surface area contributed by atoms with E-state index in [1.54, 1.807) is 24.5 Å². The number of aromatic nitrogens is 4. The number of aromatic amines is 1. The second kappa shape index (κ2) is 5.58. The highest BCUT2D eigenvalue weighted by atomic mass is 35.5. The quantitative estimate of drug-likeness (QED) is 0.224. The predicted molar refractivity (Wildman–Crippen MR) is 79.8 cm³/mol. The number of nitrogens with two attached hydrogens (primary N) is 1. The maximum atomic E-state index is 8.87. The van der Waals surface area contributed by atoms with Crippen molar-refractivity contribution >= 4 is 40.4 Å². The molecule has 0 atom stereocenters. The molecule has 2 heterocycles. The van der Waals surface area contributed by atoms with Gasteiger partial charge in [0.1, 0.15) is 16.9 Å². The summed E-state index contributed by atoms with van der Waals surface area (Å²) >= 11 is 7.35. The smallest absolute Gasteiger partial charge is 0.181 e. The molecule has 1 aromatic carbocycles. The minimum Gasteiger partial charge on any atom is -0.409 e. The lowest BCUT2D eigenvalue weighted by atomic mass is 10.2. The topological polar surface area (TPSA) is 113 Å². The van der Waals surface area contributed by atoms with Gasteiger partial charge < -0.3 is 15.9 Å². The normalized spacial score (nSPS) is 12.0. The van der Waals surface area contributed by atoms with Gasteiger partial charge in [-0.05, 0) is 18.2 Å². The zero-order valence-electron chi connectivity index (χ0n) is 10.5. The second-order valence-corrected chi connectivity index (χ2v) is 5.47. The fraction of sp³-hybridized carbons (Fsp3) is 0. The maximum Gasteiger partial charge on any atom is 0.181 e. The number of hydrogen-bond donors (Lipinski definition) is 3. The molecule has 0 aliphatic rings. The van der Waals surface area contributed by atoms with Crippen molar-refractivity contribution in [1.82, 2.24) is 19.9 Å². The lowest BCUT2D eigenvalue weighted by Gasteiger charge is -2.08. The SMILES string of the molecule is NC(=NO)c1ccc(Cl)cc1Sc1ncnc2nc[nH]c12. The number of amidine groups is 1. The van der Waals surface area contributed by atoms with Crippen LogP contribution in [-0.2, 0) is 0 Å². The molecule has 0 aliphatic carbocycles. The summed E-state index contributed by atoms with van der Waals surface area (Å²) in [4.78, 5) is 16.1. The minimum absolute atomic E-state index is 0.00378. The van der Waals surface area contributed by atoms with Gasteiger partial charge in [-0.25, -0.2) is 15.0 Å². The van der Waals surface area contributed by atoms with E-state index in [1.165, 1.54) is 18.1 Å². The van der Waals surface area contributed by atoms with Gasteiger partial charge in [-0.3, -0.25) is 0 Å². The first-order valence-corrected chi connectivity index (χ1v) is 6.98. The fourth-order valence-electron chi connectivity index (χ4n) is 1.77. The van der Waals surface area contributed by atoms with Gasteiger partial charge in [-0.15, -0.1) is 0 Å². The number of imidazole rings is 1. The number of rotatable bonds is 3. The first kappa shape index (κ1) is 13.7. The number of nitrogens with zero attached hydrogens (tertiary/aromatic N) is 4. The van der Waals surface area contributed by atoms with Crippen molar-refractivity contribution in [1.29, 1.82) is 0 Å². The Morgan fingerprint density at radius 2 is 2.19 bits per heavy atom. The second-order valence-electron chi connectivity index (χ2n) is 4.01. The number of hydrogen-bond acceptors (Lipinski definition) is 6. The summed E-state index contributed by atoms with van der Waals surface area (Å²) in [7, 11) is 0. The Kier molecular flexibility index (Phi) is 3.63. The minimum atomic E-state index is 0.00378. The number of benzene rings is 1. The monoisotopic (exact) mass is 320 g/mol. The molecule has 7 nitrogen and oxygen atoms in total. The zero-order chi connectivity index (χ0) is 14.8. The van der Waals surface area contributed by atoms with Crippen LogP contribution >= 0.6 is 23.4 Å². The van der Waals surface area contributed by atoms with Crippen LogP contribution in [0.25, 0.3) is 11.2 Å². The van der Waals surface area contributed by atoms with Crippen molar-refractivity contribution in [3.05, 3.63) is 41.4 Å². The third-order valence-corrected chi connectivity index (χ3v) is 4.02. The Balaban J connectivity index is 2.09. The molecule has 0 bridgehead atoms. The average Bonchev–Trinajstić information content (AvgIpc) is 2.96. The van der Waals surface area contributed by atoms with Crippen LogP contribution in [0.2, 0.25) is 5.02 Å². The van der Waals surface area contributed by atoms with E-state index in [0.29, 0.717) is 31.7 Å². The molecule has 4 N–H and O–H groups in total. The van der Waals surface area contributed by atoms with Crippen LogP contribution in [0.3, 0.4) is 0 Å². The average molecular weight is 321 g/mol. The van der Waals surface area contributed by atoms with Crippen LogP contribution in [0.5, 0.6) is 0 Å². The van der Waals surface area contributed by atoms with Crippen LogP contribution in [0.1, 0.15) is 5.56 Å². The Hall–Kier alpha value is -2.32. The van der Waals surface area contributed by atoms with E-state index in [9.17, 15) is 0 Å². The Morgan fingerprint density at radius 1 is 1.33 bits per heavy atom. The Labute approximate surface area is 128 Å². The summed E-state index contributed by atoms with van der Waals surface area (Å²) in [5.41, 5.74) is 7.53. The zero-order valence-corrected chi connectivity index (χ0v) is 12.1. The molecule has 3 rings (SSSR count). The van der Waals surface area contributed by atoms with Crippen LogP contribution < -0.4 is 5.73 Å². The highest BCUT2D eigenvalue weighted by Crippen LogP contribution is 2.33. The van der Waals surface area contributed by atoms with Gasteiger partial charge in [0.2, 0.25) is 0 Å². The van der Waals surface area contributed by atoms with E-state index in [1.807, 2.05) is 0 Å². The van der Waals surface area contributed by atoms with Gasteiger partial charge in [0.05, 0.1) is 6.33 Å². The van der Waals surface area contributed by atoms with Gasteiger partial charge in [0.15, 0.2) is 11.5 Å². The molecule has 0 fully saturated rings. The lowest BCUT2D eigenvalue weighted by Crippen LogP contribution is -2.14. The molecule has 21 heavy (non-hydrogen) atoms. The van der Waals surface area contributed by atoms with Gasteiger partial charge >= 0.3 is 0 Å². The first-order valence-electron chi connectivity index (χ1n) is 5.78. The number of oxime groups is 1. The highest BCUT2D eigenvalue weighted by molar-refractivity contribution is 7.99. The molecule has 0 spiro atoms. The van der Waals surface area contributed by atoms with Gasteiger partial charge in [-0.1, -0.05) is 28.5 Å².